The number of aliphatic hydroxyl groups is 7. The highest BCUT2D eigenvalue weighted by Crippen LogP contribution is 2.37. The summed E-state index contributed by atoms with van der Waals surface area (Å²) in [5.41, 5.74) is 22.6. The van der Waals surface area contributed by atoms with Gasteiger partial charge in [0.25, 0.3) is 0 Å². The minimum Gasteiger partial charge on any atom is -0.480 e. The van der Waals surface area contributed by atoms with Crippen LogP contribution < -0.4 is 97.4 Å². The van der Waals surface area contributed by atoms with E-state index < -0.39 is 354 Å². The van der Waals surface area contributed by atoms with Crippen LogP contribution in [0.2, 0.25) is 0 Å². The number of nitrogens with two attached hydrogens (primary N) is 4. The van der Waals surface area contributed by atoms with Gasteiger partial charge in [-0.3, -0.25) is 86.3 Å². The predicted molar refractivity (Wildman–Crippen MR) is 458 cm³/mol. The molecule has 0 aromatic rings. The molecule has 0 saturated carbocycles. The van der Waals surface area contributed by atoms with Crippen LogP contribution in [0, 0.1) is 0 Å². The number of carboxylic acid groups (broad SMARTS) is 2. The Kier molecular flexibility index (Phi) is 49.4. The molecule has 0 bridgehead atoms. The van der Waals surface area contributed by atoms with Crippen LogP contribution in [0.25, 0.3) is 0 Å². The summed E-state index contributed by atoms with van der Waals surface area (Å²) in [5.74, 6) is -18.1. The van der Waals surface area contributed by atoms with E-state index in [1.54, 1.807) is 6.92 Å². The quantitative estimate of drug-likeness (QED) is 0.0251. The van der Waals surface area contributed by atoms with Crippen molar-refractivity contribution in [1.82, 2.24) is 74.4 Å². The topological polar surface area (TPSA) is 854 Å². The summed E-state index contributed by atoms with van der Waals surface area (Å²) in [6.45, 7) is 11.0. The summed E-state index contributed by atoms with van der Waals surface area (Å²) in [6.07, 6.45) is -35.1. The van der Waals surface area contributed by atoms with Crippen LogP contribution >= 0.6 is 0 Å². The molecule has 0 spiro atoms. The lowest BCUT2D eigenvalue weighted by molar-refractivity contribution is -0.366. The summed E-state index contributed by atoms with van der Waals surface area (Å²) in [5, 5.41) is 133. The van der Waals surface area contributed by atoms with E-state index >= 15 is 0 Å². The van der Waals surface area contributed by atoms with Gasteiger partial charge in [0.1, 0.15) is 170 Å². The molecule has 4 heterocycles. The molecule has 0 unspecified atom stereocenters. The molecule has 31 N–H and O–H groups in total. The van der Waals surface area contributed by atoms with Gasteiger partial charge in [0.15, 0.2) is 25.2 Å². The first-order valence-electron chi connectivity index (χ1n) is 44.0. The Labute approximate surface area is 776 Å². The number of hydrogen-bond donors (Lipinski definition) is 27. The molecule has 32 atom stereocenters. The van der Waals surface area contributed by atoms with Crippen LogP contribution in [0.15, 0.2) is 0 Å². The maximum atomic E-state index is 14.6. The zero-order valence-corrected chi connectivity index (χ0v) is 77.3. The molecule has 4 fully saturated rings. The van der Waals surface area contributed by atoms with Gasteiger partial charge in [-0.05, 0) is 127 Å². The van der Waals surface area contributed by atoms with E-state index in [-0.39, 0.29) is 32.5 Å². The molecule has 55 heteroatoms. The molecule has 0 aromatic heterocycles. The number of carbonyl (C=O) groups is 18. The normalized spacial score (nSPS) is 27.6. The third-order valence-electron chi connectivity index (χ3n) is 21.8. The third-order valence-corrected chi connectivity index (χ3v) is 21.8. The first-order valence-corrected chi connectivity index (χ1v) is 44.0. The van der Waals surface area contributed by atoms with Crippen molar-refractivity contribution in [3.8, 4) is 0 Å². The van der Waals surface area contributed by atoms with Gasteiger partial charge in [-0.1, -0.05) is 0 Å². The molecule has 55 nitrogen and oxygen atoms in total. The van der Waals surface area contributed by atoms with Gasteiger partial charge in [0.05, 0.1) is 26.4 Å². The molecule has 768 valence electrons. The average Bonchev–Trinajstić information content (AvgIpc) is 0.759. The summed E-state index contributed by atoms with van der Waals surface area (Å²) in [4.78, 5) is 236. The maximum Gasteiger partial charge on any atom is 0.325 e. The van der Waals surface area contributed by atoms with Crippen molar-refractivity contribution in [1.29, 1.82) is 0 Å². The Balaban J connectivity index is 1.69. The molecular formula is C80H136N18O37. The van der Waals surface area contributed by atoms with Crippen LogP contribution in [-0.4, -0.2) is 394 Å². The Morgan fingerprint density at radius 1 is 0.333 bits per heavy atom. The SMILES string of the molecule is CCO[C@@H]1O[C@H](CO)[C@@H](O[C@@H]2O[C@H](CO)[C@@H](O[C@@H]3O[C@H](CO)[C@@H](O[C@@H]4O[C@H](CO)[C@@H](O)[C@H](O[C@H](C)C(=O)N[C@@H](C)C(=O)N[C@H](CCC(=O)N[C@@H](CCCCN)C(=O)N[C@H](C)C(=O)N[C@H](C)C(=O)O)C(N)=O)[C@H]4NC(C)=O)[C@H](O)[C@H]3NC(C)=O)[C@H](O[C@H](C)C(=O)N[C@@H](C)C(=O)N[C@H](CCC(=O)N[C@@H](CCCCN)C(=O)N[C@H](C)C(=O)N[C@H](C)C(=O)O)C(N)=O)[C@H]2NC(C)=O)[C@H](O)[C@H]1NC(C)=O. The molecule has 135 heavy (non-hydrogen) atoms. The van der Waals surface area contributed by atoms with E-state index in [9.17, 15) is 132 Å². The zero-order valence-electron chi connectivity index (χ0n) is 77.3. The fourth-order valence-corrected chi connectivity index (χ4v) is 14.5. The molecule has 0 aromatic carbocycles. The first kappa shape index (κ1) is 117. The molecule has 4 aliphatic rings. The highest BCUT2D eigenvalue weighted by molar-refractivity contribution is 5.97. The van der Waals surface area contributed by atoms with Crippen LogP contribution in [0.4, 0.5) is 0 Å². The molecule has 0 radical (unpaired) electrons. The van der Waals surface area contributed by atoms with E-state index in [4.69, 9.17) is 70.3 Å². The van der Waals surface area contributed by atoms with E-state index in [0.717, 1.165) is 55.4 Å². The van der Waals surface area contributed by atoms with Gasteiger partial charge in [0.2, 0.25) is 94.5 Å². The number of rotatable bonds is 56. The minimum atomic E-state index is -2.24. The molecule has 4 saturated heterocycles. The van der Waals surface area contributed by atoms with Crippen LogP contribution in [0.3, 0.4) is 0 Å². The summed E-state index contributed by atoms with van der Waals surface area (Å²) < 4.78 is 62.1. The Bertz CT molecular complexity index is 4000. The lowest BCUT2D eigenvalue weighted by Crippen LogP contribution is -2.72. The largest absolute Gasteiger partial charge is 0.480 e. The smallest absolute Gasteiger partial charge is 0.325 e. The molecule has 4 aliphatic heterocycles. The summed E-state index contributed by atoms with van der Waals surface area (Å²) in [6, 6.07) is -21.3. The standard InChI is InChI=1S/C80H136N18O37/c1-14-126-77-53(91-39(10)103)58(110)60(48(28-100)130-77)134-80-56(94-42(13)106)64(128-38(9)72(119)86-34(5)70(117)98-44(66(84)113)22-24-52(108)96-46(20-16-18-26-82)74(121)88-32(3)68(115)90-36(7)76(124)125)62(50(30-102)132-80)135-78-54(92-40(11)104)59(111)61(49(29-101)131-78)133-79-55(93-41(12)105)63(57(109)47(27-99)129-79)127-37(8)71(118)85-33(4)69(116)97-43(65(83)112)21-23-51(107)95-45(19-15-17-25-81)73(120)87-31(2)67(114)89-35(6)75(122)123/h31-38,43-50,53-64,77-80,99-102,109-111H,14-30,81-82H2,1-13H3,(H2,83,112)(H2,84,113)(H,85,118)(H,86,119)(H,87,120)(H,88,121)(H,89,114)(H,90,115)(H,91,103)(H,92,104)(H,93,105)(H,94,106)(H,95,107)(H,96,108)(H,97,116)(H,98,117)(H,122,123)(H,124,125)/t31-,32-,33+,34+,35-,36-,37-,38-,43-,44-,45+,46+,47-,48-,49-,50-,53-,54-,55-,56-,57-,58-,59-,60-,61-,62-,63-,64-,77-,78+,79+,80+/m1/s1. The van der Waals surface area contributed by atoms with Crippen molar-refractivity contribution in [2.24, 2.45) is 22.9 Å². The Morgan fingerprint density at radius 2 is 0.630 bits per heavy atom. The van der Waals surface area contributed by atoms with Crippen molar-refractivity contribution in [2.45, 2.75) is 349 Å². The highest BCUT2D eigenvalue weighted by atomic mass is 16.8. The van der Waals surface area contributed by atoms with E-state index in [1.807, 2.05) is 0 Å². The Hall–Kier alpha value is -10.3. The molecule has 4 rings (SSSR count). The Morgan fingerprint density at radius 3 is 0.970 bits per heavy atom. The third kappa shape index (κ3) is 36.3. The summed E-state index contributed by atoms with van der Waals surface area (Å²) in [7, 11) is 0. The van der Waals surface area contributed by atoms with Crippen molar-refractivity contribution in [3.63, 3.8) is 0 Å². The van der Waals surface area contributed by atoms with Crippen LogP contribution in [0.5, 0.6) is 0 Å². The van der Waals surface area contributed by atoms with Gasteiger partial charge in [-0.15, -0.1) is 0 Å². The first-order chi connectivity index (χ1) is 63.4. The number of amides is 16. The van der Waals surface area contributed by atoms with Crippen molar-refractivity contribution in [2.75, 3.05) is 46.1 Å². The van der Waals surface area contributed by atoms with Gasteiger partial charge in [0, 0.05) is 47.1 Å². The number of ether oxygens (including phenoxy) is 10. The molecule has 16 amide bonds. The number of unbranched alkanes of at least 4 members (excludes halogenated alkanes) is 2. The van der Waals surface area contributed by atoms with Crippen molar-refractivity contribution >= 4 is 106 Å². The second-order valence-corrected chi connectivity index (χ2v) is 32.9. The van der Waals surface area contributed by atoms with E-state index in [0.29, 0.717) is 25.7 Å². The second kappa shape index (κ2) is 57.0. The van der Waals surface area contributed by atoms with E-state index in [1.165, 1.54) is 27.7 Å². The van der Waals surface area contributed by atoms with Gasteiger partial charge >= 0.3 is 11.9 Å². The van der Waals surface area contributed by atoms with Crippen molar-refractivity contribution in [3.05, 3.63) is 0 Å². The van der Waals surface area contributed by atoms with Gasteiger partial charge in [-0.2, -0.15) is 0 Å². The fraction of sp³-hybridized carbons (Fsp3) is 0.775. The number of carbonyl (C=O) groups excluding carboxylic acids is 16. The number of nitrogens with one attached hydrogen (secondary N) is 14. The molecular weight excluding hydrogens is 1800 g/mol. The molecule has 0 aliphatic carbocycles. The summed E-state index contributed by atoms with van der Waals surface area (Å²) >= 11 is 0. The minimum absolute atomic E-state index is 0.000648. The van der Waals surface area contributed by atoms with Crippen LogP contribution in [-0.2, 0) is 134 Å². The average molecular weight is 1940 g/mol. The number of aliphatic hydroxyl groups excluding tert-OH is 7. The lowest BCUT2D eigenvalue weighted by atomic mass is 9.92. The lowest BCUT2D eigenvalue weighted by Gasteiger charge is -2.52. The van der Waals surface area contributed by atoms with E-state index in [2.05, 4.69) is 74.4 Å². The number of hydrogen-bond acceptors (Lipinski definition) is 37. The number of aliphatic carboxylic acids is 2. The number of carboxylic acids is 2. The second-order valence-electron chi connectivity index (χ2n) is 32.9. The number of primary amides is 2. The fourth-order valence-electron chi connectivity index (χ4n) is 14.5. The highest BCUT2D eigenvalue weighted by Gasteiger charge is 2.58. The van der Waals surface area contributed by atoms with Crippen LogP contribution in [0.1, 0.15) is 154 Å². The predicted octanol–water partition coefficient (Wildman–Crippen LogP) is -13.4. The van der Waals surface area contributed by atoms with Gasteiger partial charge < -0.3 is 191 Å². The van der Waals surface area contributed by atoms with Gasteiger partial charge in [-0.25, -0.2) is 0 Å². The maximum absolute atomic E-state index is 14.6. The monoisotopic (exact) mass is 1940 g/mol. The zero-order chi connectivity index (χ0) is 102. The van der Waals surface area contributed by atoms with Crippen molar-refractivity contribution < 1.29 is 180 Å².